The molecule has 18 heavy (non-hydrogen) atoms. The second kappa shape index (κ2) is 5.07. The summed E-state index contributed by atoms with van der Waals surface area (Å²) in [6, 6.07) is 15.9. The first-order chi connectivity index (χ1) is 8.47. The quantitative estimate of drug-likeness (QED) is 0.731. The molecule has 0 aromatic heterocycles. The molecule has 0 aliphatic rings. The summed E-state index contributed by atoms with van der Waals surface area (Å²) in [5, 5.41) is 0.927. The van der Waals surface area contributed by atoms with Crippen molar-refractivity contribution in [2.45, 2.75) is 26.1 Å². The third kappa shape index (κ3) is 3.08. The SMILES string of the molecule is C[Si](C)(C)c1cc(Cc2ccccc2)ccc1F. The number of hydrogen-bond donors (Lipinski definition) is 0. The summed E-state index contributed by atoms with van der Waals surface area (Å²) in [5.74, 6) is -0.0500. The summed E-state index contributed by atoms with van der Waals surface area (Å²) >= 11 is 0. The van der Waals surface area contributed by atoms with Crippen LogP contribution in [0.15, 0.2) is 48.5 Å². The molecule has 0 N–H and O–H groups in total. The fraction of sp³-hybridized carbons (Fsp3) is 0.250. The Morgan fingerprint density at radius 1 is 0.889 bits per heavy atom. The molecule has 0 heterocycles. The Kier molecular flexibility index (Phi) is 3.67. The molecule has 2 aromatic rings. The number of hydrogen-bond acceptors (Lipinski definition) is 0. The largest absolute Gasteiger partial charge is 0.207 e. The third-order valence-corrected chi connectivity index (χ3v) is 5.09. The summed E-state index contributed by atoms with van der Waals surface area (Å²) in [7, 11) is -1.60. The molecule has 0 nitrogen and oxygen atoms in total. The summed E-state index contributed by atoms with van der Waals surface area (Å²) in [6.45, 7) is 6.53. The first-order valence-corrected chi connectivity index (χ1v) is 9.79. The minimum absolute atomic E-state index is 0.0500. The molecule has 0 saturated heterocycles. The molecule has 0 saturated carbocycles. The zero-order valence-electron chi connectivity index (χ0n) is 11.2. The van der Waals surface area contributed by atoms with Crippen molar-refractivity contribution in [2.75, 3.05) is 0 Å². The van der Waals surface area contributed by atoms with Gasteiger partial charge in [-0.3, -0.25) is 0 Å². The molecule has 0 amide bonds. The van der Waals surface area contributed by atoms with E-state index in [1.807, 2.05) is 24.3 Å². The molecule has 0 spiro atoms. The van der Waals surface area contributed by atoms with E-state index >= 15 is 0 Å². The topological polar surface area (TPSA) is 0 Å². The van der Waals surface area contributed by atoms with Crippen LogP contribution in [0.4, 0.5) is 4.39 Å². The van der Waals surface area contributed by atoms with Crippen molar-refractivity contribution in [1.29, 1.82) is 0 Å². The zero-order chi connectivity index (χ0) is 13.2. The molecule has 0 unspecified atom stereocenters. The lowest BCUT2D eigenvalue weighted by Gasteiger charge is -2.18. The van der Waals surface area contributed by atoms with Crippen LogP contribution in [0, 0.1) is 5.82 Å². The lowest BCUT2D eigenvalue weighted by atomic mass is 10.1. The molecule has 2 heteroatoms. The van der Waals surface area contributed by atoms with Gasteiger partial charge in [-0.1, -0.05) is 62.1 Å². The highest BCUT2D eigenvalue weighted by Gasteiger charge is 2.20. The van der Waals surface area contributed by atoms with E-state index < -0.39 is 8.07 Å². The molecule has 0 aliphatic carbocycles. The van der Waals surface area contributed by atoms with Crippen molar-refractivity contribution in [3.05, 3.63) is 65.5 Å². The highest BCUT2D eigenvalue weighted by atomic mass is 28.3. The van der Waals surface area contributed by atoms with Gasteiger partial charge in [-0.2, -0.15) is 0 Å². The highest BCUT2D eigenvalue weighted by molar-refractivity contribution is 6.88. The highest BCUT2D eigenvalue weighted by Crippen LogP contribution is 2.12. The minimum atomic E-state index is -1.60. The van der Waals surface area contributed by atoms with Crippen molar-refractivity contribution in [1.82, 2.24) is 0 Å². The van der Waals surface area contributed by atoms with Crippen LogP contribution in [0.2, 0.25) is 19.6 Å². The van der Waals surface area contributed by atoms with Gasteiger partial charge in [0.1, 0.15) is 5.82 Å². The van der Waals surface area contributed by atoms with E-state index in [4.69, 9.17) is 0 Å². The van der Waals surface area contributed by atoms with Gasteiger partial charge in [-0.15, -0.1) is 0 Å². The smallest absolute Gasteiger partial charge is 0.122 e. The molecule has 0 aliphatic heterocycles. The lowest BCUT2D eigenvalue weighted by molar-refractivity contribution is 0.634. The Morgan fingerprint density at radius 2 is 1.56 bits per heavy atom. The van der Waals surface area contributed by atoms with Crippen LogP contribution < -0.4 is 5.19 Å². The van der Waals surface area contributed by atoms with Crippen LogP contribution in [-0.4, -0.2) is 8.07 Å². The molecule has 0 fully saturated rings. The summed E-state index contributed by atoms with van der Waals surface area (Å²) in [4.78, 5) is 0. The Balaban J connectivity index is 2.31. The maximum absolute atomic E-state index is 13.8. The van der Waals surface area contributed by atoms with Crippen molar-refractivity contribution in [3.8, 4) is 0 Å². The fourth-order valence-electron chi connectivity index (χ4n) is 2.09. The van der Waals surface area contributed by atoms with Crippen LogP contribution in [-0.2, 0) is 6.42 Å². The molecular formula is C16H19FSi. The number of rotatable bonds is 3. The average Bonchev–Trinajstić information content (AvgIpc) is 2.31. The Labute approximate surface area is 109 Å². The van der Waals surface area contributed by atoms with Gasteiger partial charge in [0.05, 0.1) is 8.07 Å². The van der Waals surface area contributed by atoms with Gasteiger partial charge >= 0.3 is 0 Å². The Morgan fingerprint density at radius 3 is 2.17 bits per heavy atom. The van der Waals surface area contributed by atoms with E-state index in [0.29, 0.717) is 0 Å². The van der Waals surface area contributed by atoms with E-state index in [9.17, 15) is 4.39 Å². The third-order valence-electron chi connectivity index (χ3n) is 3.09. The Hall–Kier alpha value is -1.41. The monoisotopic (exact) mass is 258 g/mol. The second-order valence-corrected chi connectivity index (χ2v) is 10.8. The zero-order valence-corrected chi connectivity index (χ0v) is 12.2. The molecule has 0 radical (unpaired) electrons. The van der Waals surface area contributed by atoms with E-state index in [1.165, 1.54) is 11.1 Å². The maximum atomic E-state index is 13.8. The molecule has 0 atom stereocenters. The number of halogens is 1. The number of benzene rings is 2. The van der Waals surface area contributed by atoms with Crippen LogP contribution in [0.3, 0.4) is 0 Å². The summed E-state index contributed by atoms with van der Waals surface area (Å²) < 4.78 is 13.8. The van der Waals surface area contributed by atoms with Crippen LogP contribution in [0.5, 0.6) is 0 Å². The van der Waals surface area contributed by atoms with Crippen molar-refractivity contribution in [3.63, 3.8) is 0 Å². The molecule has 0 bridgehead atoms. The van der Waals surface area contributed by atoms with Crippen LogP contribution in [0.25, 0.3) is 0 Å². The average molecular weight is 258 g/mol. The van der Waals surface area contributed by atoms with Gasteiger partial charge in [-0.25, -0.2) is 4.39 Å². The van der Waals surface area contributed by atoms with Gasteiger partial charge in [0.15, 0.2) is 0 Å². The predicted molar refractivity (Wildman–Crippen MR) is 78.6 cm³/mol. The van der Waals surface area contributed by atoms with Gasteiger partial charge in [0, 0.05) is 0 Å². The normalized spacial score (nSPS) is 11.6. The summed E-state index contributed by atoms with van der Waals surface area (Å²) in [5.41, 5.74) is 2.46. The van der Waals surface area contributed by atoms with Gasteiger partial charge < -0.3 is 0 Å². The molecule has 2 aromatic carbocycles. The summed E-state index contributed by atoms with van der Waals surface area (Å²) in [6.07, 6.45) is 0.874. The van der Waals surface area contributed by atoms with Crippen LogP contribution in [0.1, 0.15) is 11.1 Å². The van der Waals surface area contributed by atoms with Crippen molar-refractivity contribution < 1.29 is 4.39 Å². The molecular weight excluding hydrogens is 239 g/mol. The second-order valence-electron chi connectivity index (χ2n) is 5.73. The predicted octanol–water partition coefficient (Wildman–Crippen LogP) is 3.96. The van der Waals surface area contributed by atoms with Gasteiger partial charge in [0.2, 0.25) is 0 Å². The lowest BCUT2D eigenvalue weighted by Crippen LogP contribution is -2.40. The van der Waals surface area contributed by atoms with Crippen molar-refractivity contribution in [2.24, 2.45) is 0 Å². The van der Waals surface area contributed by atoms with E-state index in [-0.39, 0.29) is 5.82 Å². The van der Waals surface area contributed by atoms with E-state index in [0.717, 1.165) is 11.6 Å². The van der Waals surface area contributed by atoms with Gasteiger partial charge in [0.25, 0.3) is 0 Å². The maximum Gasteiger partial charge on any atom is 0.122 e. The first-order valence-electron chi connectivity index (χ1n) is 6.29. The molecule has 2 rings (SSSR count). The molecule has 94 valence electrons. The Bertz CT molecular complexity index is 527. The van der Waals surface area contributed by atoms with Gasteiger partial charge in [-0.05, 0) is 28.8 Å². The van der Waals surface area contributed by atoms with Crippen molar-refractivity contribution >= 4 is 13.3 Å². The van der Waals surface area contributed by atoms with Crippen LogP contribution >= 0.6 is 0 Å². The van der Waals surface area contributed by atoms with E-state index in [1.54, 1.807) is 6.07 Å². The fourth-order valence-corrected chi connectivity index (χ4v) is 3.51. The minimum Gasteiger partial charge on any atom is -0.207 e. The van der Waals surface area contributed by atoms with E-state index in [2.05, 4.69) is 37.8 Å². The standard InChI is InChI=1S/C16H19FSi/c1-18(2,3)16-12-14(9-10-15(16)17)11-13-7-5-4-6-8-13/h4-10,12H,11H2,1-3H3. The first kappa shape index (κ1) is 13.0.